The number of benzene rings is 1. The van der Waals surface area contributed by atoms with Gasteiger partial charge in [-0.15, -0.1) is 0 Å². The Labute approximate surface area is 200 Å². The minimum Gasteiger partial charge on any atom is -0.497 e. The van der Waals surface area contributed by atoms with Crippen molar-refractivity contribution in [2.24, 2.45) is 5.92 Å². The van der Waals surface area contributed by atoms with E-state index in [4.69, 9.17) is 14.2 Å². The third kappa shape index (κ3) is 6.17. The van der Waals surface area contributed by atoms with E-state index in [1.165, 1.54) is 18.4 Å². The molecule has 2 heterocycles. The van der Waals surface area contributed by atoms with Gasteiger partial charge in [-0.2, -0.15) is 0 Å². The van der Waals surface area contributed by atoms with E-state index in [9.17, 15) is 9.18 Å². The lowest BCUT2D eigenvalue weighted by molar-refractivity contribution is 0.0835. The molecular formula is C26H34FN3O4. The van der Waals surface area contributed by atoms with Crippen molar-refractivity contribution in [1.29, 1.82) is 0 Å². The maximum atomic E-state index is 12.8. The van der Waals surface area contributed by atoms with Crippen LogP contribution in [-0.2, 0) is 4.74 Å². The molecule has 1 saturated carbocycles. The Hall–Kier alpha value is -2.87. The number of halogens is 1. The first-order chi connectivity index (χ1) is 16.6. The molecule has 34 heavy (non-hydrogen) atoms. The zero-order chi connectivity index (χ0) is 23.9. The normalized spacial score (nSPS) is 18.2. The topological polar surface area (TPSA) is 72.9 Å². The highest BCUT2D eigenvalue weighted by Gasteiger charge is 2.33. The van der Waals surface area contributed by atoms with Crippen LogP contribution < -0.4 is 19.7 Å². The number of hydrogen-bond acceptors (Lipinski definition) is 6. The molecule has 4 rings (SSSR count). The van der Waals surface area contributed by atoms with Gasteiger partial charge >= 0.3 is 0 Å². The number of nitrogens with zero attached hydrogens (tertiary/aromatic N) is 2. The number of hydrogen-bond donors (Lipinski definition) is 1. The highest BCUT2D eigenvalue weighted by Crippen LogP contribution is 2.42. The van der Waals surface area contributed by atoms with Gasteiger partial charge in [-0.05, 0) is 68.4 Å². The largest absolute Gasteiger partial charge is 0.497 e. The number of ether oxygens (including phenoxy) is 3. The Morgan fingerprint density at radius 1 is 1.26 bits per heavy atom. The van der Waals surface area contributed by atoms with Crippen LogP contribution in [-0.4, -0.2) is 57.1 Å². The summed E-state index contributed by atoms with van der Waals surface area (Å²) < 4.78 is 29.1. The molecule has 1 aliphatic heterocycles. The van der Waals surface area contributed by atoms with Crippen LogP contribution in [0.25, 0.3) is 0 Å². The number of anilines is 1. The molecule has 1 aromatic heterocycles. The van der Waals surface area contributed by atoms with E-state index in [-0.39, 0.29) is 18.0 Å². The lowest BCUT2D eigenvalue weighted by Crippen LogP contribution is -2.41. The molecule has 2 aromatic rings. The second-order valence-electron chi connectivity index (χ2n) is 9.04. The van der Waals surface area contributed by atoms with Crippen LogP contribution in [0, 0.1) is 5.92 Å². The number of rotatable bonds is 13. The third-order valence-corrected chi connectivity index (χ3v) is 6.20. The molecule has 0 spiro atoms. The summed E-state index contributed by atoms with van der Waals surface area (Å²) in [5, 5.41) is 2.90. The Morgan fingerprint density at radius 2 is 2.12 bits per heavy atom. The number of aromatic nitrogens is 1. The zero-order valence-corrected chi connectivity index (χ0v) is 20.0. The van der Waals surface area contributed by atoms with Gasteiger partial charge in [-0.1, -0.05) is 12.1 Å². The van der Waals surface area contributed by atoms with Crippen LogP contribution in [0.3, 0.4) is 0 Å². The Bertz CT molecular complexity index is 969. The summed E-state index contributed by atoms with van der Waals surface area (Å²) in [6.45, 7) is 3.61. The first-order valence-corrected chi connectivity index (χ1v) is 12.1. The quantitative estimate of drug-likeness (QED) is 0.439. The summed E-state index contributed by atoms with van der Waals surface area (Å²) in [7, 11) is 1.67. The van der Waals surface area contributed by atoms with E-state index < -0.39 is 6.67 Å². The zero-order valence-electron chi connectivity index (χ0n) is 20.0. The van der Waals surface area contributed by atoms with Gasteiger partial charge in [0.25, 0.3) is 5.91 Å². The Kier molecular flexibility index (Phi) is 8.21. The smallest absolute Gasteiger partial charge is 0.270 e. The predicted molar refractivity (Wildman–Crippen MR) is 128 cm³/mol. The SMILES string of the molecule is COc1cccc(C2CCN2c2ccc(C(=O)N[C@@H](C)COCCCF)nc2OCC2CC2)c1. The minimum absolute atomic E-state index is 0.210. The number of amides is 1. The van der Waals surface area contributed by atoms with Gasteiger partial charge < -0.3 is 24.4 Å². The highest BCUT2D eigenvalue weighted by molar-refractivity contribution is 5.93. The maximum absolute atomic E-state index is 12.8. The molecule has 1 unspecified atom stereocenters. The molecule has 2 aliphatic rings. The number of carbonyl (C=O) groups excluding carboxylic acids is 1. The molecule has 2 atom stereocenters. The summed E-state index contributed by atoms with van der Waals surface area (Å²) in [5.74, 6) is 1.62. The number of alkyl halides is 1. The maximum Gasteiger partial charge on any atom is 0.270 e. The molecule has 2 fully saturated rings. The molecule has 1 saturated heterocycles. The molecule has 8 heteroatoms. The fraction of sp³-hybridized carbons (Fsp3) is 0.538. The van der Waals surface area contributed by atoms with E-state index in [0.29, 0.717) is 43.7 Å². The van der Waals surface area contributed by atoms with Crippen LogP contribution in [0.1, 0.15) is 54.7 Å². The summed E-state index contributed by atoms with van der Waals surface area (Å²) in [4.78, 5) is 19.7. The van der Waals surface area contributed by atoms with Crippen molar-refractivity contribution in [3.63, 3.8) is 0 Å². The number of methoxy groups -OCH3 is 1. The lowest BCUT2D eigenvalue weighted by atomic mass is 9.94. The first kappa shape index (κ1) is 24.3. The molecule has 1 aromatic carbocycles. The Balaban J connectivity index is 1.47. The summed E-state index contributed by atoms with van der Waals surface area (Å²) in [6, 6.07) is 11.8. The molecular weight excluding hydrogens is 437 g/mol. The molecule has 0 bridgehead atoms. The highest BCUT2D eigenvalue weighted by atomic mass is 19.1. The lowest BCUT2D eigenvalue weighted by Gasteiger charge is -2.43. The molecule has 184 valence electrons. The van der Waals surface area contributed by atoms with Gasteiger partial charge in [-0.25, -0.2) is 4.98 Å². The van der Waals surface area contributed by atoms with E-state index >= 15 is 0 Å². The molecule has 7 nitrogen and oxygen atoms in total. The Morgan fingerprint density at radius 3 is 2.82 bits per heavy atom. The molecule has 1 aliphatic carbocycles. The second kappa shape index (κ2) is 11.5. The minimum atomic E-state index is -0.406. The van der Waals surface area contributed by atoms with Gasteiger partial charge in [0.1, 0.15) is 17.1 Å². The molecule has 0 radical (unpaired) electrons. The predicted octanol–water partition coefficient (Wildman–Crippen LogP) is 4.32. The van der Waals surface area contributed by atoms with Gasteiger partial charge in [0.2, 0.25) is 5.88 Å². The van der Waals surface area contributed by atoms with Crippen LogP contribution in [0.2, 0.25) is 0 Å². The van der Waals surface area contributed by atoms with Crippen molar-refractivity contribution in [3.8, 4) is 11.6 Å². The third-order valence-electron chi connectivity index (χ3n) is 6.20. The van der Waals surface area contributed by atoms with Crippen LogP contribution in [0.4, 0.5) is 10.1 Å². The molecule has 1 amide bonds. The van der Waals surface area contributed by atoms with E-state index in [1.807, 2.05) is 25.1 Å². The van der Waals surface area contributed by atoms with Crippen molar-refractivity contribution in [1.82, 2.24) is 10.3 Å². The van der Waals surface area contributed by atoms with E-state index in [2.05, 4.69) is 27.3 Å². The number of carbonyl (C=O) groups is 1. The van der Waals surface area contributed by atoms with Crippen molar-refractivity contribution in [2.45, 2.75) is 44.7 Å². The second-order valence-corrected chi connectivity index (χ2v) is 9.04. The van der Waals surface area contributed by atoms with Crippen molar-refractivity contribution in [3.05, 3.63) is 47.7 Å². The van der Waals surface area contributed by atoms with Gasteiger partial charge in [0, 0.05) is 19.2 Å². The average Bonchev–Trinajstić information content (AvgIpc) is 3.65. The average molecular weight is 472 g/mol. The monoisotopic (exact) mass is 471 g/mol. The van der Waals surface area contributed by atoms with Crippen molar-refractivity contribution in [2.75, 3.05) is 45.0 Å². The van der Waals surface area contributed by atoms with Crippen LogP contribution in [0.5, 0.6) is 11.6 Å². The number of nitrogens with one attached hydrogen (secondary N) is 1. The van der Waals surface area contributed by atoms with Gasteiger partial charge in [-0.3, -0.25) is 9.18 Å². The molecule has 1 N–H and O–H groups in total. The summed E-state index contributed by atoms with van der Waals surface area (Å²) in [6.07, 6.45) is 3.73. The summed E-state index contributed by atoms with van der Waals surface area (Å²) >= 11 is 0. The summed E-state index contributed by atoms with van der Waals surface area (Å²) in [5.41, 5.74) is 2.39. The van der Waals surface area contributed by atoms with Crippen molar-refractivity contribution >= 4 is 11.6 Å². The number of pyridine rings is 1. The fourth-order valence-corrected chi connectivity index (χ4v) is 3.99. The fourth-order valence-electron chi connectivity index (χ4n) is 3.99. The van der Waals surface area contributed by atoms with E-state index in [0.717, 1.165) is 24.4 Å². The van der Waals surface area contributed by atoms with Gasteiger partial charge in [0.15, 0.2) is 0 Å². The van der Waals surface area contributed by atoms with Crippen LogP contribution in [0.15, 0.2) is 36.4 Å². The van der Waals surface area contributed by atoms with Crippen LogP contribution >= 0.6 is 0 Å². The van der Waals surface area contributed by atoms with Crippen molar-refractivity contribution < 1.29 is 23.4 Å². The van der Waals surface area contributed by atoms with Gasteiger partial charge in [0.05, 0.1) is 33.0 Å². The first-order valence-electron chi connectivity index (χ1n) is 12.1. The van der Waals surface area contributed by atoms with E-state index in [1.54, 1.807) is 13.2 Å². The standard InChI is InChI=1S/C26H34FN3O4/c1-18(16-33-14-4-12-27)28-25(31)22-9-10-24(26(29-22)34-17-19-7-8-19)30-13-11-23(30)20-5-3-6-21(15-20)32-2/h3,5-6,9-10,15,18-19,23H,4,7-8,11-14,16-17H2,1-2H3,(H,28,31)/t18-,23?/m0/s1.